The van der Waals surface area contributed by atoms with Crippen LogP contribution in [0.25, 0.3) is 0 Å². The second kappa shape index (κ2) is 7.12. The number of methoxy groups -OCH3 is 1. The first-order valence-corrected chi connectivity index (χ1v) is 5.70. The molecular weight excluding hydrogens is 240 g/mol. The van der Waals surface area contributed by atoms with Gasteiger partial charge < -0.3 is 9.84 Å². The summed E-state index contributed by atoms with van der Waals surface area (Å²) in [5, 5.41) is 10.0. The molecule has 4 heteroatoms. The van der Waals surface area contributed by atoms with Crippen molar-refractivity contribution in [3.05, 3.63) is 35.4 Å². The molecule has 3 nitrogen and oxygen atoms in total. The molecule has 0 amide bonds. The van der Waals surface area contributed by atoms with Crippen LogP contribution in [0.4, 0.5) is 0 Å². The first kappa shape index (κ1) is 17.4. The van der Waals surface area contributed by atoms with Gasteiger partial charge >= 0.3 is 5.97 Å². The van der Waals surface area contributed by atoms with E-state index in [4.69, 9.17) is 0 Å². The van der Waals surface area contributed by atoms with E-state index in [0.29, 0.717) is 12.0 Å². The number of esters is 1. The van der Waals surface area contributed by atoms with Crippen molar-refractivity contribution in [1.82, 2.24) is 0 Å². The van der Waals surface area contributed by atoms with Gasteiger partial charge in [-0.15, -0.1) is 0 Å². The van der Waals surface area contributed by atoms with E-state index in [1.54, 1.807) is 24.3 Å². The highest BCUT2D eigenvalue weighted by molar-refractivity contribution is 5.89. The van der Waals surface area contributed by atoms with Crippen molar-refractivity contribution in [3.63, 3.8) is 0 Å². The summed E-state index contributed by atoms with van der Waals surface area (Å²) in [6.07, 6.45) is 0.187. The monoisotopic (exact) mass is 260 g/mol. The molecule has 0 aliphatic carbocycles. The Balaban J connectivity index is 0.00000289. The lowest BCUT2D eigenvalue weighted by Crippen LogP contribution is -2.11. The van der Waals surface area contributed by atoms with Crippen molar-refractivity contribution >= 4 is 29.0 Å². The Morgan fingerprint density at radius 3 is 2.17 bits per heavy atom. The number of ether oxygens (including phenoxy) is 1. The van der Waals surface area contributed by atoms with Gasteiger partial charge in [-0.05, 0) is 29.5 Å². The predicted octanol–water partition coefficient (Wildman–Crippen LogP) is 2.56. The van der Waals surface area contributed by atoms with Gasteiger partial charge in [0.1, 0.15) is 0 Å². The minimum Gasteiger partial charge on any atom is -0.465 e. The van der Waals surface area contributed by atoms with E-state index in [0.717, 1.165) is 5.56 Å². The van der Waals surface area contributed by atoms with Crippen molar-refractivity contribution in [3.8, 4) is 0 Å². The fourth-order valence-electron chi connectivity index (χ4n) is 1.66. The number of benzene rings is 1. The molecule has 1 aromatic rings. The van der Waals surface area contributed by atoms with Crippen LogP contribution in [0.5, 0.6) is 0 Å². The zero-order valence-corrected chi connectivity index (χ0v) is 13.0. The number of hydrogen-bond donors (Lipinski definition) is 1. The Kier molecular flexibility index (Phi) is 6.88. The van der Waals surface area contributed by atoms with E-state index in [1.165, 1.54) is 7.11 Å². The molecule has 18 heavy (non-hydrogen) atoms. The lowest BCUT2D eigenvalue weighted by atomic mass is 9.87. The van der Waals surface area contributed by atoms with Crippen LogP contribution < -0.4 is 0 Å². The number of carbonyl (C=O) groups is 1. The molecule has 1 rings (SSSR count). The van der Waals surface area contributed by atoms with Gasteiger partial charge in [-0.2, -0.15) is 0 Å². The molecule has 1 aromatic carbocycles. The molecule has 0 aromatic heterocycles. The van der Waals surface area contributed by atoms with Crippen LogP contribution in [0.3, 0.4) is 0 Å². The number of aliphatic hydroxyl groups is 1. The van der Waals surface area contributed by atoms with Crippen LogP contribution in [0.2, 0.25) is 0 Å². The molecule has 0 aliphatic heterocycles. The molecule has 0 spiro atoms. The maximum atomic E-state index is 11.2. The molecule has 0 saturated heterocycles. The van der Waals surface area contributed by atoms with Gasteiger partial charge in [-0.3, -0.25) is 0 Å². The van der Waals surface area contributed by atoms with E-state index in [9.17, 15) is 9.90 Å². The summed E-state index contributed by atoms with van der Waals surface area (Å²) in [5.41, 5.74) is 1.40. The fraction of sp³-hybridized carbons (Fsp3) is 0.500. The first-order valence-electron chi connectivity index (χ1n) is 5.70. The molecule has 96 valence electrons. The van der Waals surface area contributed by atoms with Gasteiger partial charge in [-0.25, -0.2) is 4.79 Å². The molecule has 0 fully saturated rings. The number of carbonyl (C=O) groups excluding carboxylic acids is 1. The van der Waals surface area contributed by atoms with Crippen LogP contribution in [-0.2, 0) is 4.74 Å². The summed E-state index contributed by atoms with van der Waals surface area (Å²) in [6, 6.07) is 6.88. The summed E-state index contributed by atoms with van der Waals surface area (Å²) in [5.74, 6) is -0.359. The summed E-state index contributed by atoms with van der Waals surface area (Å²) in [6.45, 7) is 6.25. The number of rotatable bonds is 3. The highest BCUT2D eigenvalue weighted by atomic mass is 24.3. The topological polar surface area (TPSA) is 46.5 Å². The van der Waals surface area contributed by atoms with E-state index in [1.807, 2.05) is 0 Å². The zero-order valence-electron chi connectivity index (χ0n) is 11.6. The third kappa shape index (κ3) is 5.37. The number of hydrogen-bond acceptors (Lipinski definition) is 3. The molecule has 1 atom stereocenters. The van der Waals surface area contributed by atoms with Gasteiger partial charge in [0.15, 0.2) is 0 Å². The molecule has 0 saturated carbocycles. The summed E-state index contributed by atoms with van der Waals surface area (Å²) in [7, 11) is 1.35. The lowest BCUT2D eigenvalue weighted by molar-refractivity contribution is 0.0600. The molecule has 1 N–H and O–H groups in total. The molecule has 1 unspecified atom stereocenters. The fourth-order valence-corrected chi connectivity index (χ4v) is 1.66. The van der Waals surface area contributed by atoms with Gasteiger partial charge in [0.25, 0.3) is 0 Å². The highest BCUT2D eigenvalue weighted by Crippen LogP contribution is 2.29. The Bertz CT molecular complexity index is 379. The normalized spacial score (nSPS) is 12.5. The van der Waals surface area contributed by atoms with Crippen LogP contribution in [0.1, 0.15) is 49.2 Å². The van der Waals surface area contributed by atoms with Crippen LogP contribution in [0.15, 0.2) is 24.3 Å². The van der Waals surface area contributed by atoms with Crippen LogP contribution in [-0.4, -0.2) is 41.2 Å². The lowest BCUT2D eigenvalue weighted by Gasteiger charge is -2.22. The van der Waals surface area contributed by atoms with E-state index >= 15 is 0 Å². The molecule has 2 radical (unpaired) electrons. The Morgan fingerprint density at radius 2 is 1.78 bits per heavy atom. The maximum Gasteiger partial charge on any atom is 0.337 e. The smallest absolute Gasteiger partial charge is 0.337 e. The van der Waals surface area contributed by atoms with Crippen molar-refractivity contribution in [2.75, 3.05) is 7.11 Å². The summed E-state index contributed by atoms with van der Waals surface area (Å²) in [4.78, 5) is 11.2. The van der Waals surface area contributed by atoms with Gasteiger partial charge in [0.05, 0.1) is 18.8 Å². The summed E-state index contributed by atoms with van der Waals surface area (Å²) < 4.78 is 4.62. The third-order valence-electron chi connectivity index (χ3n) is 2.52. The maximum absolute atomic E-state index is 11.2. The highest BCUT2D eigenvalue weighted by Gasteiger charge is 2.18. The number of aliphatic hydroxyl groups excluding tert-OH is 1. The van der Waals surface area contributed by atoms with Gasteiger partial charge in [-0.1, -0.05) is 32.9 Å². The largest absolute Gasteiger partial charge is 0.465 e. The predicted molar refractivity (Wildman–Crippen MR) is 72.6 cm³/mol. The van der Waals surface area contributed by atoms with Crippen molar-refractivity contribution in [2.24, 2.45) is 5.41 Å². The zero-order chi connectivity index (χ0) is 13.1. The Labute approximate surface area is 125 Å². The SMILES string of the molecule is COC(=O)c1ccc(C(O)CC(C)(C)C)cc1.[Mg]. The minimum atomic E-state index is -0.498. The molecule has 0 aliphatic rings. The quantitative estimate of drug-likeness (QED) is 0.671. The molecular formula is C14H20MgO3. The van der Waals surface area contributed by atoms with Gasteiger partial charge in [0, 0.05) is 23.1 Å². The second-order valence-electron chi connectivity index (χ2n) is 5.39. The average Bonchev–Trinajstić information content (AvgIpc) is 2.26. The standard InChI is InChI=1S/C14H20O3.Mg/c1-14(2,3)9-12(15)10-5-7-11(8-6-10)13(16)17-4;/h5-8,12,15H,9H2,1-4H3;. The molecule has 0 heterocycles. The first-order chi connectivity index (χ1) is 7.83. The van der Waals surface area contributed by atoms with E-state index in [-0.39, 0.29) is 34.4 Å². The minimum absolute atomic E-state index is 0. The van der Waals surface area contributed by atoms with E-state index in [2.05, 4.69) is 25.5 Å². The molecule has 0 bridgehead atoms. The van der Waals surface area contributed by atoms with Crippen molar-refractivity contribution in [1.29, 1.82) is 0 Å². The van der Waals surface area contributed by atoms with E-state index < -0.39 is 6.10 Å². The van der Waals surface area contributed by atoms with Crippen LogP contribution in [0, 0.1) is 5.41 Å². The third-order valence-corrected chi connectivity index (χ3v) is 2.52. The summed E-state index contributed by atoms with van der Waals surface area (Å²) >= 11 is 0. The average molecular weight is 261 g/mol. The Morgan fingerprint density at radius 1 is 1.28 bits per heavy atom. The van der Waals surface area contributed by atoms with Crippen molar-refractivity contribution in [2.45, 2.75) is 33.3 Å². The second-order valence-corrected chi connectivity index (χ2v) is 5.39. The van der Waals surface area contributed by atoms with Gasteiger partial charge in [0.2, 0.25) is 0 Å². The Hall–Kier alpha value is -0.584. The van der Waals surface area contributed by atoms with Crippen LogP contribution >= 0.6 is 0 Å². The van der Waals surface area contributed by atoms with Crippen molar-refractivity contribution < 1.29 is 14.6 Å².